The normalized spacial score (nSPS) is 10.9. The van der Waals surface area contributed by atoms with Crippen LogP contribution in [0, 0.1) is 0 Å². The fourth-order valence-corrected chi connectivity index (χ4v) is 2.88. The van der Waals surface area contributed by atoms with E-state index in [4.69, 9.17) is 0 Å². The first-order valence-electron chi connectivity index (χ1n) is 6.76. The Kier molecular flexibility index (Phi) is 3.29. The molecule has 3 heterocycles. The van der Waals surface area contributed by atoms with Crippen LogP contribution in [0.25, 0.3) is 17.0 Å². The lowest BCUT2D eigenvalue weighted by molar-refractivity contribution is 0.860. The summed E-state index contributed by atoms with van der Waals surface area (Å²) in [6.45, 7) is 0. The lowest BCUT2D eigenvalue weighted by atomic mass is 10.2. The Morgan fingerprint density at radius 2 is 1.64 bits per heavy atom. The van der Waals surface area contributed by atoms with Crippen molar-refractivity contribution in [2.75, 3.05) is 0 Å². The maximum atomic E-state index is 4.64. The van der Waals surface area contributed by atoms with Crippen molar-refractivity contribution in [2.45, 2.75) is 9.92 Å². The van der Waals surface area contributed by atoms with E-state index in [2.05, 4.69) is 20.3 Å². The van der Waals surface area contributed by atoms with Gasteiger partial charge in [-0.05, 0) is 24.3 Å². The quantitative estimate of drug-likeness (QED) is 0.581. The van der Waals surface area contributed by atoms with Crippen LogP contribution in [0.5, 0.6) is 0 Å². The molecule has 4 rings (SSSR count). The van der Waals surface area contributed by atoms with Crippen molar-refractivity contribution >= 4 is 17.4 Å². The van der Waals surface area contributed by atoms with Crippen LogP contribution in [0.15, 0.2) is 76.9 Å². The molecule has 0 fully saturated rings. The molecular weight excluding hydrogens is 294 g/mol. The molecule has 0 amide bonds. The zero-order chi connectivity index (χ0) is 14.8. The zero-order valence-corrected chi connectivity index (χ0v) is 12.3. The highest BCUT2D eigenvalue weighted by Crippen LogP contribution is 2.26. The van der Waals surface area contributed by atoms with E-state index >= 15 is 0 Å². The minimum Gasteiger partial charge on any atom is -0.265 e. The van der Waals surface area contributed by atoms with E-state index in [0.29, 0.717) is 0 Å². The number of hydrogen-bond donors (Lipinski definition) is 0. The van der Waals surface area contributed by atoms with Crippen molar-refractivity contribution < 1.29 is 0 Å². The van der Waals surface area contributed by atoms with E-state index in [1.54, 1.807) is 28.7 Å². The molecule has 0 saturated carbocycles. The van der Waals surface area contributed by atoms with Crippen LogP contribution in [-0.4, -0.2) is 24.8 Å². The average Bonchev–Trinajstić information content (AvgIpc) is 3.00. The van der Waals surface area contributed by atoms with E-state index in [1.807, 2.05) is 54.6 Å². The number of rotatable bonds is 3. The molecule has 5 nitrogen and oxygen atoms in total. The van der Waals surface area contributed by atoms with Gasteiger partial charge in [0.1, 0.15) is 5.03 Å². The van der Waals surface area contributed by atoms with E-state index in [9.17, 15) is 0 Å². The van der Waals surface area contributed by atoms with Crippen molar-refractivity contribution in [1.82, 2.24) is 24.8 Å². The van der Waals surface area contributed by atoms with Crippen LogP contribution in [-0.2, 0) is 0 Å². The summed E-state index contributed by atoms with van der Waals surface area (Å²) in [4.78, 5) is 5.12. The first-order chi connectivity index (χ1) is 10.9. The molecule has 0 spiro atoms. The second-order valence-electron chi connectivity index (χ2n) is 4.62. The molecule has 0 aliphatic heterocycles. The van der Waals surface area contributed by atoms with Gasteiger partial charge in [0.15, 0.2) is 11.5 Å². The summed E-state index contributed by atoms with van der Waals surface area (Å²) >= 11 is 1.58. The zero-order valence-electron chi connectivity index (χ0n) is 11.5. The Morgan fingerprint density at radius 1 is 0.818 bits per heavy atom. The second kappa shape index (κ2) is 5.57. The molecule has 0 N–H and O–H groups in total. The van der Waals surface area contributed by atoms with Gasteiger partial charge in [-0.2, -0.15) is 9.61 Å². The van der Waals surface area contributed by atoms with Crippen molar-refractivity contribution in [3.05, 3.63) is 67.0 Å². The number of nitrogens with zero attached hydrogens (tertiary/aromatic N) is 5. The lowest BCUT2D eigenvalue weighted by Crippen LogP contribution is -1.96. The van der Waals surface area contributed by atoms with Crippen LogP contribution in [0.1, 0.15) is 0 Å². The highest BCUT2D eigenvalue weighted by Gasteiger charge is 2.10. The SMILES string of the molecule is c1ccc(-c2nnc3ccc(Sc4ccncc4)nn23)cc1. The molecule has 0 aliphatic rings. The van der Waals surface area contributed by atoms with E-state index < -0.39 is 0 Å². The van der Waals surface area contributed by atoms with Gasteiger partial charge in [0, 0.05) is 22.9 Å². The molecule has 1 aromatic carbocycles. The highest BCUT2D eigenvalue weighted by atomic mass is 32.2. The molecule has 0 radical (unpaired) electrons. The predicted octanol–water partition coefficient (Wildman–Crippen LogP) is 3.34. The Labute approximate surface area is 131 Å². The fourth-order valence-electron chi connectivity index (χ4n) is 2.12. The van der Waals surface area contributed by atoms with E-state index in [-0.39, 0.29) is 0 Å². The smallest absolute Gasteiger partial charge is 0.185 e. The summed E-state index contributed by atoms with van der Waals surface area (Å²) < 4.78 is 1.78. The minimum atomic E-state index is 0.734. The number of fused-ring (bicyclic) bond motifs is 1. The van der Waals surface area contributed by atoms with E-state index in [0.717, 1.165) is 27.0 Å². The van der Waals surface area contributed by atoms with Gasteiger partial charge in [-0.3, -0.25) is 4.98 Å². The van der Waals surface area contributed by atoms with Gasteiger partial charge in [0.25, 0.3) is 0 Å². The van der Waals surface area contributed by atoms with Crippen molar-refractivity contribution in [3.8, 4) is 11.4 Å². The van der Waals surface area contributed by atoms with Crippen LogP contribution < -0.4 is 0 Å². The van der Waals surface area contributed by atoms with Crippen LogP contribution in [0.4, 0.5) is 0 Å². The van der Waals surface area contributed by atoms with Crippen molar-refractivity contribution in [3.63, 3.8) is 0 Å². The summed E-state index contributed by atoms with van der Waals surface area (Å²) in [5.74, 6) is 0.743. The minimum absolute atomic E-state index is 0.734. The third-order valence-corrected chi connectivity index (χ3v) is 4.08. The topological polar surface area (TPSA) is 56.0 Å². The largest absolute Gasteiger partial charge is 0.265 e. The molecule has 4 aromatic rings. The summed E-state index contributed by atoms with van der Waals surface area (Å²) in [6.07, 6.45) is 3.55. The molecule has 0 atom stereocenters. The Morgan fingerprint density at radius 3 is 2.45 bits per heavy atom. The van der Waals surface area contributed by atoms with Crippen LogP contribution in [0.2, 0.25) is 0 Å². The number of benzene rings is 1. The Balaban J connectivity index is 1.77. The molecule has 0 unspecified atom stereocenters. The summed E-state index contributed by atoms with van der Waals surface area (Å²) in [5, 5.41) is 13.9. The maximum Gasteiger partial charge on any atom is 0.185 e. The van der Waals surface area contributed by atoms with Gasteiger partial charge in [-0.15, -0.1) is 10.2 Å². The molecule has 6 heteroatoms. The fraction of sp³-hybridized carbons (Fsp3) is 0. The van der Waals surface area contributed by atoms with Gasteiger partial charge >= 0.3 is 0 Å². The van der Waals surface area contributed by atoms with Crippen molar-refractivity contribution in [2.24, 2.45) is 0 Å². The Hall–Kier alpha value is -2.73. The van der Waals surface area contributed by atoms with E-state index in [1.165, 1.54) is 0 Å². The van der Waals surface area contributed by atoms with Gasteiger partial charge in [-0.1, -0.05) is 42.1 Å². The molecule has 0 saturated heterocycles. The number of hydrogen-bond acceptors (Lipinski definition) is 5. The van der Waals surface area contributed by atoms with Crippen LogP contribution >= 0.6 is 11.8 Å². The predicted molar refractivity (Wildman–Crippen MR) is 84.6 cm³/mol. The molecule has 106 valence electrons. The maximum absolute atomic E-state index is 4.64. The Bertz CT molecular complexity index is 906. The number of pyridine rings is 1. The van der Waals surface area contributed by atoms with Gasteiger partial charge in [0.05, 0.1) is 0 Å². The summed E-state index contributed by atoms with van der Waals surface area (Å²) in [7, 11) is 0. The monoisotopic (exact) mass is 305 g/mol. The molecular formula is C16H11N5S. The highest BCUT2D eigenvalue weighted by molar-refractivity contribution is 7.99. The van der Waals surface area contributed by atoms with Crippen LogP contribution in [0.3, 0.4) is 0 Å². The number of aromatic nitrogens is 5. The average molecular weight is 305 g/mol. The first-order valence-corrected chi connectivity index (χ1v) is 7.57. The molecule has 0 bridgehead atoms. The second-order valence-corrected chi connectivity index (χ2v) is 5.71. The first kappa shape index (κ1) is 13.0. The standard InChI is InChI=1S/C16H11N5S/c1-2-4-12(5-3-1)16-19-18-14-6-7-15(20-21(14)16)22-13-8-10-17-11-9-13/h1-11H. The van der Waals surface area contributed by atoms with Gasteiger partial charge in [0.2, 0.25) is 0 Å². The van der Waals surface area contributed by atoms with Gasteiger partial charge in [-0.25, -0.2) is 0 Å². The molecule has 0 aliphatic carbocycles. The third-order valence-electron chi connectivity index (χ3n) is 3.14. The van der Waals surface area contributed by atoms with Crippen molar-refractivity contribution in [1.29, 1.82) is 0 Å². The molecule has 3 aromatic heterocycles. The lowest BCUT2D eigenvalue weighted by Gasteiger charge is -2.02. The molecule has 22 heavy (non-hydrogen) atoms. The summed E-state index contributed by atoms with van der Waals surface area (Å²) in [5.41, 5.74) is 1.73. The van der Waals surface area contributed by atoms with Gasteiger partial charge < -0.3 is 0 Å². The summed E-state index contributed by atoms with van der Waals surface area (Å²) in [6, 6.07) is 17.7. The third kappa shape index (κ3) is 2.44.